The second-order valence-electron chi connectivity index (χ2n) is 7.18. The highest BCUT2D eigenvalue weighted by atomic mass is 32.2. The summed E-state index contributed by atoms with van der Waals surface area (Å²) in [6.45, 7) is 9.62. The van der Waals surface area contributed by atoms with Gasteiger partial charge in [-0.2, -0.15) is 4.31 Å². The van der Waals surface area contributed by atoms with Crippen LogP contribution in [0.2, 0.25) is 0 Å². The Hall–Kier alpha value is -0.910. The highest BCUT2D eigenvalue weighted by Gasteiger charge is 2.26. The first-order valence-electron chi connectivity index (χ1n) is 9.14. The van der Waals surface area contributed by atoms with Crippen LogP contribution < -0.4 is 0 Å². The Morgan fingerprint density at radius 2 is 1.96 bits per heavy atom. The summed E-state index contributed by atoms with van der Waals surface area (Å²) in [5, 5.41) is 0. The van der Waals surface area contributed by atoms with Gasteiger partial charge in [-0.1, -0.05) is 26.0 Å². The Labute approximate surface area is 147 Å². The molecule has 0 bridgehead atoms. The fraction of sp³-hybridized carbons (Fsp3) is 0.684. The van der Waals surface area contributed by atoms with E-state index in [1.807, 2.05) is 26.0 Å². The Morgan fingerprint density at radius 1 is 1.29 bits per heavy atom. The summed E-state index contributed by atoms with van der Waals surface area (Å²) in [5.74, 6) is 0.826. The van der Waals surface area contributed by atoms with Gasteiger partial charge >= 0.3 is 0 Å². The van der Waals surface area contributed by atoms with Gasteiger partial charge in [0, 0.05) is 13.1 Å². The smallest absolute Gasteiger partial charge is 0.243 e. The number of piperidine rings is 1. The lowest BCUT2D eigenvalue weighted by molar-refractivity contribution is 0.179. The van der Waals surface area contributed by atoms with Crippen LogP contribution >= 0.6 is 0 Å². The van der Waals surface area contributed by atoms with E-state index in [0.717, 1.165) is 44.0 Å². The number of likely N-dealkylation sites (tertiary alicyclic amines) is 1. The maximum atomic E-state index is 12.8. The monoisotopic (exact) mass is 352 g/mol. The number of hydrogen-bond acceptors (Lipinski definition) is 3. The molecule has 1 aromatic carbocycles. The van der Waals surface area contributed by atoms with Crippen molar-refractivity contribution in [2.75, 3.05) is 26.7 Å². The summed E-state index contributed by atoms with van der Waals surface area (Å²) in [5.41, 5.74) is 1.06. The summed E-state index contributed by atoms with van der Waals surface area (Å²) in [6.07, 6.45) is 4.23. The van der Waals surface area contributed by atoms with Crippen molar-refractivity contribution in [2.45, 2.75) is 57.4 Å². The molecule has 1 heterocycles. The highest BCUT2D eigenvalue weighted by molar-refractivity contribution is 7.89. The van der Waals surface area contributed by atoms with Crippen molar-refractivity contribution in [3.8, 4) is 0 Å². The van der Waals surface area contributed by atoms with Gasteiger partial charge in [-0.25, -0.2) is 8.42 Å². The topological polar surface area (TPSA) is 40.6 Å². The second-order valence-corrected chi connectivity index (χ2v) is 9.18. The Kier molecular flexibility index (Phi) is 6.84. The van der Waals surface area contributed by atoms with Crippen LogP contribution in [0.3, 0.4) is 0 Å². The maximum Gasteiger partial charge on any atom is 0.243 e. The van der Waals surface area contributed by atoms with Crippen molar-refractivity contribution in [3.63, 3.8) is 0 Å². The van der Waals surface area contributed by atoms with Gasteiger partial charge in [0.05, 0.1) is 4.90 Å². The number of nitrogens with zero attached hydrogens (tertiary/aromatic N) is 2. The fourth-order valence-electron chi connectivity index (χ4n) is 3.17. The third-order valence-electron chi connectivity index (χ3n) is 5.34. The van der Waals surface area contributed by atoms with Crippen LogP contribution in [0.1, 0.15) is 45.6 Å². The summed E-state index contributed by atoms with van der Waals surface area (Å²) in [4.78, 5) is 2.87. The Bertz CT molecular complexity index is 622. The largest absolute Gasteiger partial charge is 0.303 e. The number of hydrogen-bond donors (Lipinski definition) is 0. The molecule has 0 N–H and O–H groups in total. The number of sulfonamides is 1. The molecule has 1 fully saturated rings. The zero-order valence-corrected chi connectivity index (χ0v) is 16.3. The molecule has 4 nitrogen and oxygen atoms in total. The van der Waals surface area contributed by atoms with Crippen molar-refractivity contribution in [2.24, 2.45) is 5.92 Å². The Balaban J connectivity index is 1.96. The zero-order valence-electron chi connectivity index (χ0n) is 15.5. The minimum atomic E-state index is -3.42. The summed E-state index contributed by atoms with van der Waals surface area (Å²) >= 11 is 0. The third-order valence-corrected chi connectivity index (χ3v) is 7.31. The molecule has 2 rings (SSSR count). The lowest BCUT2D eigenvalue weighted by Crippen LogP contribution is -2.39. The first-order chi connectivity index (χ1) is 11.3. The molecule has 1 aliphatic rings. The minimum Gasteiger partial charge on any atom is -0.303 e. The number of benzene rings is 1. The normalized spacial score (nSPS) is 18.9. The first kappa shape index (κ1) is 19.4. The van der Waals surface area contributed by atoms with E-state index >= 15 is 0 Å². The lowest BCUT2D eigenvalue weighted by atomic mass is 9.99. The molecule has 1 saturated heterocycles. The molecule has 1 aromatic rings. The molecule has 0 amide bonds. The molecule has 0 saturated carbocycles. The molecule has 0 unspecified atom stereocenters. The molecule has 5 heteroatoms. The minimum absolute atomic E-state index is 0.000340. The predicted molar refractivity (Wildman–Crippen MR) is 99.7 cm³/mol. The van der Waals surface area contributed by atoms with Crippen molar-refractivity contribution in [1.29, 1.82) is 0 Å². The van der Waals surface area contributed by atoms with Gasteiger partial charge in [-0.05, 0) is 75.9 Å². The van der Waals surface area contributed by atoms with Gasteiger partial charge in [-0.15, -0.1) is 0 Å². The molecular formula is C19H32N2O2S. The molecule has 0 radical (unpaired) electrons. The van der Waals surface area contributed by atoms with Gasteiger partial charge < -0.3 is 4.90 Å². The van der Waals surface area contributed by atoms with E-state index in [1.165, 1.54) is 17.1 Å². The highest BCUT2D eigenvalue weighted by Crippen LogP contribution is 2.21. The molecule has 0 aromatic heterocycles. The average molecular weight is 353 g/mol. The molecule has 1 atom stereocenters. The van der Waals surface area contributed by atoms with E-state index in [1.54, 1.807) is 19.2 Å². The van der Waals surface area contributed by atoms with Gasteiger partial charge in [0.1, 0.15) is 0 Å². The predicted octanol–water partition coefficient (Wildman–Crippen LogP) is 3.38. The fourth-order valence-corrected chi connectivity index (χ4v) is 4.63. The van der Waals surface area contributed by atoms with Crippen LogP contribution in [0.15, 0.2) is 29.2 Å². The van der Waals surface area contributed by atoms with E-state index < -0.39 is 10.0 Å². The van der Waals surface area contributed by atoms with Crippen LogP contribution in [0.5, 0.6) is 0 Å². The molecule has 24 heavy (non-hydrogen) atoms. The summed E-state index contributed by atoms with van der Waals surface area (Å²) < 4.78 is 27.2. The quantitative estimate of drug-likeness (QED) is 0.755. The third kappa shape index (κ3) is 4.80. The first-order valence-corrected chi connectivity index (χ1v) is 10.6. The number of aryl methyl sites for hydroxylation is 1. The van der Waals surface area contributed by atoms with Crippen LogP contribution in [-0.4, -0.2) is 50.3 Å². The van der Waals surface area contributed by atoms with E-state index in [9.17, 15) is 8.42 Å². The van der Waals surface area contributed by atoms with Crippen molar-refractivity contribution >= 4 is 10.0 Å². The second kappa shape index (κ2) is 8.45. The summed E-state index contributed by atoms with van der Waals surface area (Å²) in [7, 11) is -1.71. The maximum absolute atomic E-state index is 12.8. The molecule has 0 spiro atoms. The Morgan fingerprint density at radius 3 is 2.58 bits per heavy atom. The van der Waals surface area contributed by atoms with Crippen LogP contribution in [0.25, 0.3) is 0 Å². The van der Waals surface area contributed by atoms with Crippen LogP contribution in [0.4, 0.5) is 0 Å². The van der Waals surface area contributed by atoms with E-state index in [0.29, 0.717) is 4.90 Å². The van der Waals surface area contributed by atoms with Gasteiger partial charge in [0.25, 0.3) is 0 Å². The molecule has 136 valence electrons. The standard InChI is InChI=1S/C19H32N2O2S/c1-5-18-7-6-8-19(15-18)24(22,23)20(4)17(3)11-14-21-12-9-16(2)10-13-21/h6-8,15-17H,5,9-14H2,1-4H3/t17-/m1/s1. The van der Waals surface area contributed by atoms with Gasteiger partial charge in [-0.3, -0.25) is 0 Å². The SMILES string of the molecule is CCc1cccc(S(=O)(=O)N(C)[C@H](C)CCN2CCC(C)CC2)c1. The molecule has 0 aliphatic carbocycles. The van der Waals surface area contributed by atoms with Gasteiger partial charge in [0.2, 0.25) is 10.0 Å². The van der Waals surface area contributed by atoms with E-state index in [2.05, 4.69) is 11.8 Å². The molecular weight excluding hydrogens is 320 g/mol. The van der Waals surface area contributed by atoms with Crippen molar-refractivity contribution in [3.05, 3.63) is 29.8 Å². The van der Waals surface area contributed by atoms with Gasteiger partial charge in [0.15, 0.2) is 0 Å². The zero-order chi connectivity index (χ0) is 17.7. The summed E-state index contributed by atoms with van der Waals surface area (Å²) in [6, 6.07) is 7.30. The van der Waals surface area contributed by atoms with E-state index in [4.69, 9.17) is 0 Å². The average Bonchev–Trinajstić information content (AvgIpc) is 2.60. The molecule has 1 aliphatic heterocycles. The number of rotatable bonds is 7. The van der Waals surface area contributed by atoms with Crippen molar-refractivity contribution < 1.29 is 8.42 Å². The van der Waals surface area contributed by atoms with E-state index in [-0.39, 0.29) is 6.04 Å². The van der Waals surface area contributed by atoms with Crippen LogP contribution in [0, 0.1) is 5.92 Å². The van der Waals surface area contributed by atoms with Crippen molar-refractivity contribution in [1.82, 2.24) is 9.21 Å². The van der Waals surface area contributed by atoms with Crippen LogP contribution in [-0.2, 0) is 16.4 Å². The lowest BCUT2D eigenvalue weighted by Gasteiger charge is -2.32.